The molecular weight excluding hydrogens is 364 g/mol. The van der Waals surface area contributed by atoms with Crippen LogP contribution in [0.2, 0.25) is 0 Å². The van der Waals surface area contributed by atoms with Crippen LogP contribution in [0, 0.1) is 0 Å². The fraction of sp³-hybridized carbons (Fsp3) is 0.286. The van der Waals surface area contributed by atoms with E-state index in [0.29, 0.717) is 5.56 Å². The number of benzene rings is 1. The van der Waals surface area contributed by atoms with Crippen molar-refractivity contribution in [3.8, 4) is 0 Å². The summed E-state index contributed by atoms with van der Waals surface area (Å²) >= 11 is 3.29. The number of hydrogen-bond donors (Lipinski definition) is 3. The van der Waals surface area contributed by atoms with E-state index >= 15 is 0 Å². The molecule has 0 aliphatic heterocycles. The number of carbonyl (C=O) groups excluding carboxylic acids is 1. The van der Waals surface area contributed by atoms with Crippen LogP contribution >= 0.6 is 15.9 Å². The van der Waals surface area contributed by atoms with E-state index in [2.05, 4.69) is 37.0 Å². The van der Waals surface area contributed by atoms with E-state index in [1.165, 1.54) is 0 Å². The van der Waals surface area contributed by atoms with Crippen LogP contribution in [0.15, 0.2) is 33.5 Å². The fourth-order valence-electron chi connectivity index (χ4n) is 1.74. The summed E-state index contributed by atoms with van der Waals surface area (Å²) in [5, 5.41) is 7.73. The third-order valence-electron chi connectivity index (χ3n) is 3.00. The maximum absolute atomic E-state index is 12.2. The molecule has 0 atom stereocenters. The average Bonchev–Trinajstić information content (AvgIpc) is 2.48. The summed E-state index contributed by atoms with van der Waals surface area (Å²) in [5.74, 6) is 5.25. The highest BCUT2D eigenvalue weighted by atomic mass is 79.9. The molecule has 9 heteroatoms. The number of nitrogens with two attached hydrogens (primary N) is 1. The summed E-state index contributed by atoms with van der Waals surface area (Å²) in [7, 11) is 0. The lowest BCUT2D eigenvalue weighted by molar-refractivity contribution is 0.0962. The SMILES string of the molecule is CC(C)(C)c1nnc(NNC(=O)c2ccc(Br)cc2)n(N)c1=O. The first-order valence-electron chi connectivity index (χ1n) is 6.77. The monoisotopic (exact) mass is 380 g/mol. The summed E-state index contributed by atoms with van der Waals surface area (Å²) in [6, 6.07) is 6.77. The zero-order valence-electron chi connectivity index (χ0n) is 12.9. The second-order valence-electron chi connectivity index (χ2n) is 5.88. The second-order valence-corrected chi connectivity index (χ2v) is 6.80. The van der Waals surface area contributed by atoms with Crippen LogP contribution in [-0.4, -0.2) is 20.8 Å². The second kappa shape index (κ2) is 6.37. The Morgan fingerprint density at radius 1 is 1.22 bits per heavy atom. The van der Waals surface area contributed by atoms with Gasteiger partial charge >= 0.3 is 0 Å². The van der Waals surface area contributed by atoms with E-state index < -0.39 is 16.9 Å². The molecule has 0 bridgehead atoms. The van der Waals surface area contributed by atoms with Gasteiger partial charge in [0, 0.05) is 15.5 Å². The zero-order chi connectivity index (χ0) is 17.2. The van der Waals surface area contributed by atoms with Gasteiger partial charge in [-0.3, -0.25) is 20.4 Å². The van der Waals surface area contributed by atoms with Crippen molar-refractivity contribution in [2.75, 3.05) is 11.3 Å². The molecule has 0 radical (unpaired) electrons. The number of hydrogen-bond acceptors (Lipinski definition) is 6. The van der Waals surface area contributed by atoms with Crippen LogP contribution in [0.5, 0.6) is 0 Å². The van der Waals surface area contributed by atoms with E-state index in [1.54, 1.807) is 24.3 Å². The van der Waals surface area contributed by atoms with Crippen molar-refractivity contribution >= 4 is 27.8 Å². The standard InChI is InChI=1S/C14H17BrN6O2/c1-14(2,3)10-12(23)21(16)13(19-17-10)20-18-11(22)8-4-6-9(15)7-5-8/h4-7H,16H2,1-3H3,(H,18,22)(H,19,20). The van der Waals surface area contributed by atoms with Gasteiger partial charge in [-0.05, 0) is 24.3 Å². The lowest BCUT2D eigenvalue weighted by Crippen LogP contribution is -2.41. The van der Waals surface area contributed by atoms with Crippen LogP contribution in [0.25, 0.3) is 0 Å². The van der Waals surface area contributed by atoms with E-state index in [9.17, 15) is 9.59 Å². The topological polar surface area (TPSA) is 115 Å². The molecule has 4 N–H and O–H groups in total. The highest BCUT2D eigenvalue weighted by Gasteiger charge is 2.22. The summed E-state index contributed by atoms with van der Waals surface area (Å²) < 4.78 is 1.68. The van der Waals surface area contributed by atoms with Crippen molar-refractivity contribution in [2.24, 2.45) is 0 Å². The number of rotatable bonds is 3. The molecule has 0 spiro atoms. The third kappa shape index (κ3) is 3.86. The number of nitrogens with zero attached hydrogens (tertiary/aromatic N) is 3. The minimum atomic E-state index is -0.482. The van der Waals surface area contributed by atoms with Crippen LogP contribution in [0.4, 0.5) is 5.95 Å². The summed E-state index contributed by atoms with van der Waals surface area (Å²) in [5.41, 5.74) is 4.63. The Balaban J connectivity index is 2.15. The number of nitrogen functional groups attached to an aromatic ring is 1. The van der Waals surface area contributed by atoms with Gasteiger partial charge in [0.2, 0.25) is 0 Å². The van der Waals surface area contributed by atoms with Crippen molar-refractivity contribution < 1.29 is 4.79 Å². The van der Waals surface area contributed by atoms with E-state index in [1.807, 2.05) is 20.8 Å². The summed E-state index contributed by atoms with van der Waals surface area (Å²) in [6.45, 7) is 5.50. The van der Waals surface area contributed by atoms with Gasteiger partial charge in [-0.1, -0.05) is 36.7 Å². The van der Waals surface area contributed by atoms with Gasteiger partial charge in [-0.2, -0.15) is 4.68 Å². The average molecular weight is 381 g/mol. The molecule has 1 aromatic heterocycles. The van der Waals surface area contributed by atoms with Crippen LogP contribution in [-0.2, 0) is 5.41 Å². The zero-order valence-corrected chi connectivity index (χ0v) is 14.5. The highest BCUT2D eigenvalue weighted by molar-refractivity contribution is 9.10. The van der Waals surface area contributed by atoms with Crippen molar-refractivity contribution in [3.63, 3.8) is 0 Å². The molecule has 2 aromatic rings. The first-order chi connectivity index (χ1) is 10.7. The number of carbonyl (C=O) groups is 1. The molecule has 1 amide bonds. The van der Waals surface area contributed by atoms with Crippen molar-refractivity contribution in [2.45, 2.75) is 26.2 Å². The molecule has 0 fully saturated rings. The molecule has 0 saturated carbocycles. The highest BCUT2D eigenvalue weighted by Crippen LogP contribution is 2.15. The molecule has 0 aliphatic rings. The molecule has 0 saturated heterocycles. The molecule has 23 heavy (non-hydrogen) atoms. The number of aromatic nitrogens is 3. The van der Waals surface area contributed by atoms with Gasteiger partial charge in [-0.25, -0.2) is 0 Å². The molecule has 2 rings (SSSR count). The minimum Gasteiger partial charge on any atom is -0.333 e. The number of amides is 1. The Hall–Kier alpha value is -2.42. The Kier molecular flexibility index (Phi) is 4.69. The Morgan fingerprint density at radius 3 is 2.39 bits per heavy atom. The van der Waals surface area contributed by atoms with Crippen LogP contribution < -0.4 is 22.3 Å². The predicted molar refractivity (Wildman–Crippen MR) is 90.4 cm³/mol. The maximum atomic E-state index is 12.2. The molecular formula is C14H17BrN6O2. The van der Waals surface area contributed by atoms with Crippen molar-refractivity contribution in [1.82, 2.24) is 20.3 Å². The molecule has 0 aliphatic carbocycles. The van der Waals surface area contributed by atoms with E-state index in [4.69, 9.17) is 5.84 Å². The molecule has 1 heterocycles. The smallest absolute Gasteiger partial charge is 0.295 e. The van der Waals surface area contributed by atoms with Gasteiger partial charge < -0.3 is 5.84 Å². The number of halogens is 1. The van der Waals surface area contributed by atoms with Gasteiger partial charge in [0.1, 0.15) is 5.69 Å². The number of nitrogens with one attached hydrogen (secondary N) is 2. The number of hydrazine groups is 1. The molecule has 122 valence electrons. The molecule has 8 nitrogen and oxygen atoms in total. The van der Waals surface area contributed by atoms with E-state index in [-0.39, 0.29) is 11.6 Å². The van der Waals surface area contributed by atoms with Crippen molar-refractivity contribution in [1.29, 1.82) is 0 Å². The van der Waals surface area contributed by atoms with Crippen LogP contribution in [0.1, 0.15) is 36.8 Å². The lowest BCUT2D eigenvalue weighted by Gasteiger charge is -2.17. The van der Waals surface area contributed by atoms with Crippen LogP contribution in [0.3, 0.4) is 0 Å². The van der Waals surface area contributed by atoms with Gasteiger partial charge in [0.25, 0.3) is 17.4 Å². The largest absolute Gasteiger partial charge is 0.333 e. The quantitative estimate of drug-likeness (QED) is 0.543. The predicted octanol–water partition coefficient (Wildman–Crippen LogP) is 1.17. The lowest BCUT2D eigenvalue weighted by atomic mass is 9.93. The first-order valence-corrected chi connectivity index (χ1v) is 7.56. The summed E-state index contributed by atoms with van der Waals surface area (Å²) in [4.78, 5) is 24.2. The minimum absolute atomic E-state index is 0.0616. The van der Waals surface area contributed by atoms with E-state index in [0.717, 1.165) is 9.15 Å². The Morgan fingerprint density at radius 2 is 1.83 bits per heavy atom. The molecule has 0 unspecified atom stereocenters. The van der Waals surface area contributed by atoms with Gasteiger partial charge in [0.15, 0.2) is 0 Å². The fourth-order valence-corrected chi connectivity index (χ4v) is 2.01. The van der Waals surface area contributed by atoms with Gasteiger partial charge in [0.05, 0.1) is 0 Å². The number of anilines is 1. The third-order valence-corrected chi connectivity index (χ3v) is 3.53. The maximum Gasteiger partial charge on any atom is 0.295 e. The Labute approximate surface area is 141 Å². The Bertz CT molecular complexity index is 779. The first kappa shape index (κ1) is 16.9. The normalized spacial score (nSPS) is 11.1. The summed E-state index contributed by atoms with van der Waals surface area (Å²) in [6.07, 6.45) is 0. The molecule has 1 aromatic carbocycles. The van der Waals surface area contributed by atoms with Gasteiger partial charge in [-0.15, -0.1) is 10.2 Å². The van der Waals surface area contributed by atoms with Crippen molar-refractivity contribution in [3.05, 3.63) is 50.3 Å².